The van der Waals surface area contributed by atoms with Crippen LogP contribution in [-0.4, -0.2) is 29.7 Å². The third-order valence-corrected chi connectivity index (χ3v) is 3.75. The molecule has 1 aromatic carbocycles. The number of rotatable bonds is 8. The molecule has 0 spiro atoms. The number of aliphatic hydroxyl groups excluding tert-OH is 1. The summed E-state index contributed by atoms with van der Waals surface area (Å²) in [6.45, 7) is 9.76. The van der Waals surface area contributed by atoms with Crippen LogP contribution in [0.5, 0.6) is 5.75 Å². The van der Waals surface area contributed by atoms with Gasteiger partial charge in [0.15, 0.2) is 0 Å². The van der Waals surface area contributed by atoms with Gasteiger partial charge in [-0.25, -0.2) is 0 Å². The zero-order valence-electron chi connectivity index (χ0n) is 13.5. The van der Waals surface area contributed by atoms with Crippen molar-refractivity contribution in [2.45, 2.75) is 59.2 Å². The lowest BCUT2D eigenvalue weighted by Gasteiger charge is -2.25. The average Bonchev–Trinajstić information content (AvgIpc) is 2.40. The number of hydrogen-bond acceptors (Lipinski definition) is 3. The van der Waals surface area contributed by atoms with E-state index in [1.165, 1.54) is 12.8 Å². The molecule has 3 nitrogen and oxygen atoms in total. The zero-order valence-corrected chi connectivity index (χ0v) is 13.5. The van der Waals surface area contributed by atoms with E-state index < -0.39 is 6.10 Å². The van der Waals surface area contributed by atoms with Gasteiger partial charge in [-0.3, -0.25) is 4.90 Å². The maximum Gasteiger partial charge on any atom is 0.123 e. The minimum absolute atomic E-state index is 0.442. The molecule has 3 heteroatoms. The van der Waals surface area contributed by atoms with Gasteiger partial charge < -0.3 is 9.84 Å². The molecule has 0 aliphatic heterocycles. The summed E-state index contributed by atoms with van der Waals surface area (Å²) in [5, 5.41) is 9.74. The summed E-state index contributed by atoms with van der Waals surface area (Å²) in [4.78, 5) is 2.34. The lowest BCUT2D eigenvalue weighted by atomic mass is 10.0. The highest BCUT2D eigenvalue weighted by molar-refractivity contribution is 5.38. The second-order valence-corrected chi connectivity index (χ2v) is 5.53. The summed E-state index contributed by atoms with van der Waals surface area (Å²) >= 11 is 0. The van der Waals surface area contributed by atoms with E-state index in [-0.39, 0.29) is 0 Å². The van der Waals surface area contributed by atoms with Gasteiger partial charge in [0.1, 0.15) is 5.75 Å². The van der Waals surface area contributed by atoms with E-state index in [0.29, 0.717) is 12.6 Å². The van der Waals surface area contributed by atoms with Crippen LogP contribution in [0.1, 0.15) is 57.8 Å². The predicted molar refractivity (Wildman–Crippen MR) is 84.1 cm³/mol. The van der Waals surface area contributed by atoms with Crippen molar-refractivity contribution in [1.29, 1.82) is 0 Å². The molecule has 20 heavy (non-hydrogen) atoms. The van der Waals surface area contributed by atoms with E-state index in [1.54, 1.807) is 6.92 Å². The van der Waals surface area contributed by atoms with Crippen LogP contribution in [0.3, 0.4) is 0 Å². The Bertz CT molecular complexity index is 404. The highest BCUT2D eigenvalue weighted by atomic mass is 16.5. The van der Waals surface area contributed by atoms with E-state index in [9.17, 15) is 5.11 Å². The first-order valence-electron chi connectivity index (χ1n) is 7.63. The summed E-state index contributed by atoms with van der Waals surface area (Å²) in [7, 11) is 2.14. The van der Waals surface area contributed by atoms with E-state index >= 15 is 0 Å². The van der Waals surface area contributed by atoms with Gasteiger partial charge in [-0.2, -0.15) is 0 Å². The molecule has 0 aliphatic carbocycles. The van der Waals surface area contributed by atoms with Crippen molar-refractivity contribution in [2.24, 2.45) is 0 Å². The second-order valence-electron chi connectivity index (χ2n) is 5.53. The van der Waals surface area contributed by atoms with Crippen LogP contribution in [0, 0.1) is 0 Å². The molecule has 114 valence electrons. The Morgan fingerprint density at radius 1 is 1.25 bits per heavy atom. The van der Waals surface area contributed by atoms with Gasteiger partial charge in [-0.15, -0.1) is 0 Å². The van der Waals surface area contributed by atoms with Crippen molar-refractivity contribution in [1.82, 2.24) is 4.90 Å². The maximum atomic E-state index is 9.74. The Kier molecular flexibility index (Phi) is 7.03. The van der Waals surface area contributed by atoms with Gasteiger partial charge in [0.25, 0.3) is 0 Å². The fourth-order valence-corrected chi connectivity index (χ4v) is 2.34. The first-order valence-corrected chi connectivity index (χ1v) is 7.63. The fraction of sp³-hybridized carbons (Fsp3) is 0.647. The Hall–Kier alpha value is -1.06. The van der Waals surface area contributed by atoms with Crippen LogP contribution >= 0.6 is 0 Å². The molecule has 1 N–H and O–H groups in total. The van der Waals surface area contributed by atoms with Crippen LogP contribution in [0.2, 0.25) is 0 Å². The third-order valence-electron chi connectivity index (χ3n) is 3.75. The van der Waals surface area contributed by atoms with Crippen LogP contribution in [-0.2, 0) is 6.54 Å². The fourth-order valence-electron chi connectivity index (χ4n) is 2.34. The molecule has 2 atom stereocenters. The van der Waals surface area contributed by atoms with Gasteiger partial charge in [-0.05, 0) is 51.9 Å². The molecule has 0 amide bonds. The Morgan fingerprint density at radius 2 is 1.95 bits per heavy atom. The minimum atomic E-state index is -0.442. The summed E-state index contributed by atoms with van der Waals surface area (Å²) in [5.41, 5.74) is 2.09. The van der Waals surface area contributed by atoms with Crippen molar-refractivity contribution in [3.05, 3.63) is 29.3 Å². The third kappa shape index (κ3) is 4.80. The summed E-state index contributed by atoms with van der Waals surface area (Å²) in [6.07, 6.45) is 1.94. The van der Waals surface area contributed by atoms with Gasteiger partial charge in [0.2, 0.25) is 0 Å². The van der Waals surface area contributed by atoms with Crippen molar-refractivity contribution in [2.75, 3.05) is 13.7 Å². The molecule has 0 saturated carbocycles. The van der Waals surface area contributed by atoms with Crippen LogP contribution in [0.15, 0.2) is 18.2 Å². The number of ether oxygens (including phenoxy) is 1. The van der Waals surface area contributed by atoms with Crippen molar-refractivity contribution in [3.63, 3.8) is 0 Å². The van der Waals surface area contributed by atoms with Crippen molar-refractivity contribution >= 4 is 0 Å². The minimum Gasteiger partial charge on any atom is -0.494 e. The molecule has 0 fully saturated rings. The zero-order chi connectivity index (χ0) is 15.1. The molecular weight excluding hydrogens is 250 g/mol. The van der Waals surface area contributed by atoms with Crippen LogP contribution in [0.25, 0.3) is 0 Å². The van der Waals surface area contributed by atoms with Gasteiger partial charge in [0.05, 0.1) is 12.7 Å². The molecule has 0 aromatic heterocycles. The second kappa shape index (κ2) is 8.28. The van der Waals surface area contributed by atoms with E-state index in [0.717, 1.165) is 23.4 Å². The number of benzene rings is 1. The molecule has 2 unspecified atom stereocenters. The highest BCUT2D eigenvalue weighted by Gasteiger charge is 2.13. The quantitative estimate of drug-likeness (QED) is 0.786. The van der Waals surface area contributed by atoms with E-state index in [4.69, 9.17) is 4.74 Å². The summed E-state index contributed by atoms with van der Waals surface area (Å²) in [5.74, 6) is 0.924. The largest absolute Gasteiger partial charge is 0.494 e. The van der Waals surface area contributed by atoms with Crippen LogP contribution in [0.4, 0.5) is 0 Å². The van der Waals surface area contributed by atoms with Gasteiger partial charge >= 0.3 is 0 Å². The smallest absolute Gasteiger partial charge is 0.123 e. The monoisotopic (exact) mass is 279 g/mol. The Balaban J connectivity index is 2.91. The van der Waals surface area contributed by atoms with Gasteiger partial charge in [0, 0.05) is 18.2 Å². The first kappa shape index (κ1) is 17.0. The van der Waals surface area contributed by atoms with Crippen LogP contribution < -0.4 is 4.74 Å². The first-order chi connectivity index (χ1) is 9.49. The average molecular weight is 279 g/mol. The predicted octanol–water partition coefficient (Wildman–Crippen LogP) is 3.76. The number of hydrogen-bond donors (Lipinski definition) is 1. The summed E-state index contributed by atoms with van der Waals surface area (Å²) < 4.78 is 5.70. The molecule has 0 saturated heterocycles. The SMILES string of the molecule is CCCC(C)N(C)Cc1cc(C(C)O)ccc1OCC. The highest BCUT2D eigenvalue weighted by Crippen LogP contribution is 2.25. The maximum absolute atomic E-state index is 9.74. The molecular formula is C17H29NO2. The summed E-state index contributed by atoms with van der Waals surface area (Å²) in [6, 6.07) is 6.52. The molecule has 1 aromatic rings. The lowest BCUT2D eigenvalue weighted by molar-refractivity contribution is 0.198. The molecule has 0 aliphatic rings. The van der Waals surface area contributed by atoms with Crippen molar-refractivity contribution < 1.29 is 9.84 Å². The normalized spacial score (nSPS) is 14.3. The standard InChI is InChI=1S/C17H29NO2/c1-6-8-13(3)18(5)12-16-11-15(14(4)19)9-10-17(16)20-7-2/h9-11,13-14,19H,6-8,12H2,1-5H3. The van der Waals surface area contributed by atoms with Crippen molar-refractivity contribution in [3.8, 4) is 5.75 Å². The van der Waals surface area contributed by atoms with Gasteiger partial charge in [-0.1, -0.05) is 19.4 Å². The van der Waals surface area contributed by atoms with E-state index in [1.807, 2.05) is 19.1 Å². The molecule has 0 bridgehead atoms. The lowest BCUT2D eigenvalue weighted by Crippen LogP contribution is -2.28. The Labute approximate surface area is 123 Å². The van der Waals surface area contributed by atoms with E-state index in [2.05, 4.69) is 31.9 Å². The molecule has 0 radical (unpaired) electrons. The number of aliphatic hydroxyl groups is 1. The number of nitrogens with zero attached hydrogens (tertiary/aromatic N) is 1. The Morgan fingerprint density at radius 3 is 2.50 bits per heavy atom. The molecule has 0 heterocycles. The molecule has 1 rings (SSSR count). The topological polar surface area (TPSA) is 32.7 Å².